The summed E-state index contributed by atoms with van der Waals surface area (Å²) in [6.07, 6.45) is 1.90. The molecule has 0 aliphatic carbocycles. The molecule has 0 radical (unpaired) electrons. The predicted molar refractivity (Wildman–Crippen MR) is 116 cm³/mol. The molecule has 1 unspecified atom stereocenters. The minimum absolute atomic E-state index is 0.268. The van der Waals surface area contributed by atoms with Crippen LogP contribution in [0, 0.1) is 0 Å². The van der Waals surface area contributed by atoms with Crippen molar-refractivity contribution < 1.29 is 9.47 Å². The van der Waals surface area contributed by atoms with Crippen LogP contribution in [0.25, 0.3) is 0 Å². The lowest BCUT2D eigenvalue weighted by molar-refractivity contribution is 0.122. The molecule has 30 heavy (non-hydrogen) atoms. The summed E-state index contributed by atoms with van der Waals surface area (Å²) in [5.74, 6) is 2.58. The molecule has 1 aromatic heterocycles. The second-order valence-electron chi connectivity index (χ2n) is 7.63. The summed E-state index contributed by atoms with van der Waals surface area (Å²) >= 11 is 0. The molecule has 0 amide bonds. The highest BCUT2D eigenvalue weighted by Crippen LogP contribution is 2.17. The van der Waals surface area contributed by atoms with Crippen molar-refractivity contribution in [3.05, 3.63) is 41.5 Å². The third-order valence-electron chi connectivity index (χ3n) is 5.51. The number of benzene rings is 1. The number of rotatable bonds is 6. The lowest BCUT2D eigenvalue weighted by atomic mass is 10.1. The van der Waals surface area contributed by atoms with E-state index in [1.54, 1.807) is 14.2 Å². The number of ether oxygens (including phenoxy) is 2. The molecule has 0 saturated carbocycles. The summed E-state index contributed by atoms with van der Waals surface area (Å²) in [6, 6.07) is 8.98. The molecule has 3 heterocycles. The highest BCUT2D eigenvalue weighted by Gasteiger charge is 2.22. The molecule has 1 atom stereocenters. The fourth-order valence-corrected chi connectivity index (χ4v) is 3.89. The van der Waals surface area contributed by atoms with E-state index in [9.17, 15) is 0 Å². The Labute approximate surface area is 177 Å². The number of methoxy groups -OCH3 is 1. The van der Waals surface area contributed by atoms with Crippen LogP contribution < -0.4 is 15.5 Å². The predicted octanol–water partition coefficient (Wildman–Crippen LogP) is 0.941. The van der Waals surface area contributed by atoms with Crippen LogP contribution in [0.3, 0.4) is 0 Å². The van der Waals surface area contributed by atoms with Gasteiger partial charge in [0.1, 0.15) is 12.4 Å². The molecule has 0 bridgehead atoms. The van der Waals surface area contributed by atoms with E-state index < -0.39 is 0 Å². The normalized spacial score (nSPS) is 19.5. The zero-order chi connectivity index (χ0) is 20.8. The Morgan fingerprint density at radius 1 is 1.27 bits per heavy atom. The number of anilines is 1. The number of nitrogens with one attached hydrogen (secondary N) is 2. The highest BCUT2D eigenvalue weighted by molar-refractivity contribution is 5.80. The summed E-state index contributed by atoms with van der Waals surface area (Å²) in [5.41, 5.74) is 2.48. The molecule has 4 rings (SSSR count). The van der Waals surface area contributed by atoms with Gasteiger partial charge in [0.2, 0.25) is 0 Å². The smallest absolute Gasteiger partial charge is 0.191 e. The fourth-order valence-electron chi connectivity index (χ4n) is 3.89. The minimum atomic E-state index is 0.268. The fraction of sp³-hybridized carbons (Fsp3) is 0.571. The van der Waals surface area contributed by atoms with Crippen molar-refractivity contribution in [1.82, 2.24) is 25.4 Å². The number of aromatic nitrogens is 3. The van der Waals surface area contributed by atoms with E-state index in [0.717, 1.165) is 69.8 Å². The van der Waals surface area contributed by atoms with Gasteiger partial charge in [-0.3, -0.25) is 4.99 Å². The number of guanidine groups is 1. The number of morpholine rings is 1. The van der Waals surface area contributed by atoms with Crippen LogP contribution in [-0.2, 0) is 35.6 Å². The van der Waals surface area contributed by atoms with E-state index in [2.05, 4.69) is 54.9 Å². The molecule has 9 heteroatoms. The third-order valence-corrected chi connectivity index (χ3v) is 5.51. The Bertz CT molecular complexity index is 844. The van der Waals surface area contributed by atoms with Crippen LogP contribution in [-0.4, -0.2) is 67.2 Å². The summed E-state index contributed by atoms with van der Waals surface area (Å²) < 4.78 is 12.5. The second-order valence-corrected chi connectivity index (χ2v) is 7.63. The van der Waals surface area contributed by atoms with Crippen LogP contribution in [0.15, 0.2) is 29.3 Å². The van der Waals surface area contributed by atoms with Gasteiger partial charge < -0.3 is 25.0 Å². The molecule has 1 saturated heterocycles. The van der Waals surface area contributed by atoms with Gasteiger partial charge in [-0.15, -0.1) is 0 Å². The first kappa shape index (κ1) is 20.6. The Balaban J connectivity index is 1.27. The zero-order valence-electron chi connectivity index (χ0n) is 17.8. The summed E-state index contributed by atoms with van der Waals surface area (Å²) in [4.78, 5) is 11.3. The molecular formula is C21H31N7O2. The number of aryl methyl sites for hydroxylation is 1. The Kier molecular flexibility index (Phi) is 6.81. The molecule has 162 valence electrons. The zero-order valence-corrected chi connectivity index (χ0v) is 17.8. The molecule has 2 N–H and O–H groups in total. The second kappa shape index (κ2) is 9.90. The van der Waals surface area contributed by atoms with Crippen LogP contribution in [0.4, 0.5) is 5.69 Å². The first-order valence-electron chi connectivity index (χ1n) is 10.6. The van der Waals surface area contributed by atoms with E-state index in [1.807, 2.05) is 4.68 Å². The van der Waals surface area contributed by atoms with Crippen molar-refractivity contribution in [2.45, 2.75) is 38.6 Å². The van der Waals surface area contributed by atoms with E-state index in [-0.39, 0.29) is 6.04 Å². The van der Waals surface area contributed by atoms with Gasteiger partial charge in [0, 0.05) is 51.9 Å². The maximum absolute atomic E-state index is 5.43. The van der Waals surface area contributed by atoms with Gasteiger partial charge in [-0.2, -0.15) is 5.10 Å². The van der Waals surface area contributed by atoms with Crippen molar-refractivity contribution in [3.8, 4) is 0 Å². The summed E-state index contributed by atoms with van der Waals surface area (Å²) in [7, 11) is 3.47. The van der Waals surface area contributed by atoms with Gasteiger partial charge in [0.15, 0.2) is 11.8 Å². The van der Waals surface area contributed by atoms with Gasteiger partial charge in [-0.25, -0.2) is 9.67 Å². The Morgan fingerprint density at radius 2 is 2.07 bits per heavy atom. The van der Waals surface area contributed by atoms with E-state index >= 15 is 0 Å². The minimum Gasteiger partial charge on any atom is -0.378 e. The van der Waals surface area contributed by atoms with Crippen molar-refractivity contribution >= 4 is 11.6 Å². The number of nitrogens with zero attached hydrogens (tertiary/aromatic N) is 5. The van der Waals surface area contributed by atoms with Crippen LogP contribution >= 0.6 is 0 Å². The van der Waals surface area contributed by atoms with Crippen LogP contribution in [0.1, 0.15) is 23.6 Å². The maximum Gasteiger partial charge on any atom is 0.191 e. The Morgan fingerprint density at radius 3 is 2.80 bits per heavy atom. The first-order valence-corrected chi connectivity index (χ1v) is 10.6. The molecule has 9 nitrogen and oxygen atoms in total. The molecule has 0 spiro atoms. The monoisotopic (exact) mass is 413 g/mol. The van der Waals surface area contributed by atoms with Crippen LogP contribution in [0.5, 0.6) is 0 Å². The lowest BCUT2D eigenvalue weighted by Crippen LogP contribution is -2.46. The first-order chi connectivity index (χ1) is 14.7. The largest absolute Gasteiger partial charge is 0.378 e. The summed E-state index contributed by atoms with van der Waals surface area (Å²) in [5, 5.41) is 11.5. The molecule has 2 aliphatic heterocycles. The lowest BCUT2D eigenvalue weighted by Gasteiger charge is -2.29. The number of fused-ring (bicyclic) bond motifs is 1. The van der Waals surface area contributed by atoms with E-state index in [4.69, 9.17) is 9.47 Å². The van der Waals surface area contributed by atoms with Crippen LogP contribution in [0.2, 0.25) is 0 Å². The number of hydrogen-bond acceptors (Lipinski definition) is 6. The molecule has 1 fully saturated rings. The van der Waals surface area contributed by atoms with Crippen molar-refractivity contribution in [2.75, 3.05) is 45.4 Å². The van der Waals surface area contributed by atoms with E-state index in [1.165, 1.54) is 11.3 Å². The van der Waals surface area contributed by atoms with Gasteiger partial charge in [-0.05, 0) is 24.1 Å². The average Bonchev–Trinajstić information content (AvgIpc) is 3.19. The van der Waals surface area contributed by atoms with E-state index in [0.29, 0.717) is 6.61 Å². The van der Waals surface area contributed by atoms with Gasteiger partial charge in [0.25, 0.3) is 0 Å². The third kappa shape index (κ3) is 5.09. The number of aliphatic imine (C=N–C) groups is 1. The molecule has 1 aromatic carbocycles. The SMILES string of the molecule is CN=C(NCc1ccc(N2CCOCC2)cc1)NC1CCc2nc(COC)nn2C1. The number of hydrogen-bond donors (Lipinski definition) is 2. The van der Waals surface area contributed by atoms with Crippen molar-refractivity contribution in [3.63, 3.8) is 0 Å². The maximum atomic E-state index is 5.43. The van der Waals surface area contributed by atoms with Gasteiger partial charge in [0.05, 0.1) is 19.8 Å². The Hall–Kier alpha value is -2.65. The van der Waals surface area contributed by atoms with Gasteiger partial charge in [-0.1, -0.05) is 12.1 Å². The molecule has 2 aromatic rings. The molecular weight excluding hydrogens is 382 g/mol. The summed E-state index contributed by atoms with van der Waals surface area (Å²) in [6.45, 7) is 5.47. The van der Waals surface area contributed by atoms with Crippen molar-refractivity contribution in [2.24, 2.45) is 4.99 Å². The highest BCUT2D eigenvalue weighted by atomic mass is 16.5. The van der Waals surface area contributed by atoms with Crippen molar-refractivity contribution in [1.29, 1.82) is 0 Å². The average molecular weight is 414 g/mol. The quantitative estimate of drug-likeness (QED) is 0.538. The topological polar surface area (TPSA) is 88.8 Å². The van der Waals surface area contributed by atoms with Gasteiger partial charge >= 0.3 is 0 Å². The standard InChI is InChI=1S/C21H31N7O2/c1-22-21(24-17-5-8-20-25-19(15-29-2)26-28(20)14-17)23-13-16-3-6-18(7-4-16)27-9-11-30-12-10-27/h3-4,6-7,17H,5,8-15H2,1-2H3,(H2,22,23,24). The molecule has 2 aliphatic rings.